The lowest BCUT2D eigenvalue weighted by Gasteiger charge is -2.32. The van der Waals surface area contributed by atoms with Gasteiger partial charge in [-0.15, -0.1) is 5.10 Å². The number of rotatable bonds is 9. The van der Waals surface area contributed by atoms with Gasteiger partial charge in [0, 0.05) is 17.3 Å². The maximum absolute atomic E-state index is 14.2. The van der Waals surface area contributed by atoms with Crippen LogP contribution in [-0.2, 0) is 22.6 Å². The van der Waals surface area contributed by atoms with E-state index in [4.69, 9.17) is 0 Å². The molecule has 0 unspecified atom stereocenters. The van der Waals surface area contributed by atoms with Gasteiger partial charge in [-0.1, -0.05) is 73.5 Å². The Balaban J connectivity index is 1.60. The number of fused-ring (bicyclic) bond motifs is 1. The van der Waals surface area contributed by atoms with Gasteiger partial charge in [0.15, 0.2) is 5.78 Å². The van der Waals surface area contributed by atoms with Crippen molar-refractivity contribution in [2.75, 3.05) is 4.90 Å². The molecule has 5 rings (SSSR count). The lowest BCUT2D eigenvalue weighted by Crippen LogP contribution is -2.47. The SMILES string of the molecule is CCc1ccc([C@H](C(=O)NC2CCCC2)N(C(=O)Cn2nnc3ccccc32)c2cccc(C(C)=O)c2)cc1. The Bertz CT molecular complexity index is 1490. The minimum Gasteiger partial charge on any atom is -0.351 e. The molecular weight excluding hydrogens is 490 g/mol. The molecule has 3 aromatic carbocycles. The van der Waals surface area contributed by atoms with Crippen LogP contribution >= 0.6 is 0 Å². The van der Waals surface area contributed by atoms with Gasteiger partial charge in [-0.05, 0) is 61.6 Å². The van der Waals surface area contributed by atoms with E-state index < -0.39 is 6.04 Å². The molecule has 1 saturated carbocycles. The van der Waals surface area contributed by atoms with Crippen molar-refractivity contribution in [3.63, 3.8) is 0 Å². The highest BCUT2D eigenvalue weighted by Crippen LogP contribution is 2.31. The number of amides is 2. The number of nitrogens with one attached hydrogen (secondary N) is 1. The Labute approximate surface area is 228 Å². The quantitative estimate of drug-likeness (QED) is 0.311. The number of hydrogen-bond acceptors (Lipinski definition) is 5. The largest absolute Gasteiger partial charge is 0.351 e. The van der Waals surface area contributed by atoms with Crippen LogP contribution < -0.4 is 10.2 Å². The van der Waals surface area contributed by atoms with Crippen molar-refractivity contribution in [2.24, 2.45) is 0 Å². The highest BCUT2D eigenvalue weighted by molar-refractivity contribution is 6.03. The standard InChI is InChI=1S/C31H33N5O3/c1-3-22-15-17-23(18-16-22)30(31(39)32-25-10-4-5-11-25)36(26-12-8-9-24(19-26)21(2)37)29(38)20-35-28-14-7-6-13-27(28)33-34-35/h6-9,12-19,25,30H,3-5,10-11,20H2,1-2H3,(H,32,39)/t30-/m1/s1. The first-order valence-electron chi connectivity index (χ1n) is 13.5. The molecule has 1 aliphatic carbocycles. The summed E-state index contributed by atoms with van der Waals surface area (Å²) in [4.78, 5) is 42.0. The molecule has 0 spiro atoms. The highest BCUT2D eigenvalue weighted by atomic mass is 16.2. The number of ketones is 1. The van der Waals surface area contributed by atoms with E-state index in [-0.39, 0.29) is 30.2 Å². The van der Waals surface area contributed by atoms with Gasteiger partial charge in [0.1, 0.15) is 18.1 Å². The van der Waals surface area contributed by atoms with Gasteiger partial charge in [-0.2, -0.15) is 0 Å². The lowest BCUT2D eigenvalue weighted by molar-refractivity contribution is -0.127. The van der Waals surface area contributed by atoms with E-state index in [9.17, 15) is 14.4 Å². The molecule has 8 nitrogen and oxygen atoms in total. The van der Waals surface area contributed by atoms with Gasteiger partial charge in [-0.25, -0.2) is 4.68 Å². The van der Waals surface area contributed by atoms with Gasteiger partial charge < -0.3 is 5.32 Å². The van der Waals surface area contributed by atoms with Crippen LogP contribution in [0.5, 0.6) is 0 Å². The average Bonchev–Trinajstić information content (AvgIpc) is 3.62. The molecule has 0 aliphatic heterocycles. The molecule has 1 heterocycles. The second-order valence-corrected chi connectivity index (χ2v) is 10.1. The lowest BCUT2D eigenvalue weighted by atomic mass is 9.99. The van der Waals surface area contributed by atoms with E-state index in [2.05, 4.69) is 22.6 Å². The molecule has 200 valence electrons. The van der Waals surface area contributed by atoms with Crippen LogP contribution in [0.15, 0.2) is 72.8 Å². The van der Waals surface area contributed by atoms with Crippen molar-refractivity contribution >= 4 is 34.3 Å². The van der Waals surface area contributed by atoms with Crippen LogP contribution in [0.3, 0.4) is 0 Å². The molecule has 0 saturated heterocycles. The van der Waals surface area contributed by atoms with Gasteiger partial charge in [0.2, 0.25) is 11.8 Å². The third kappa shape index (κ3) is 5.74. The highest BCUT2D eigenvalue weighted by Gasteiger charge is 2.35. The molecule has 1 aromatic heterocycles. The molecule has 0 bridgehead atoms. The van der Waals surface area contributed by atoms with Crippen molar-refractivity contribution in [1.29, 1.82) is 0 Å². The van der Waals surface area contributed by atoms with Crippen molar-refractivity contribution in [3.05, 3.63) is 89.5 Å². The summed E-state index contributed by atoms with van der Waals surface area (Å²) in [6.45, 7) is 3.44. The summed E-state index contributed by atoms with van der Waals surface area (Å²) in [6.07, 6.45) is 4.85. The van der Waals surface area contributed by atoms with Crippen LogP contribution in [0.25, 0.3) is 11.0 Å². The Morgan fingerprint density at radius 2 is 1.74 bits per heavy atom. The number of aromatic nitrogens is 3. The number of benzene rings is 3. The topological polar surface area (TPSA) is 97.2 Å². The molecule has 8 heteroatoms. The number of anilines is 1. The molecule has 1 atom stereocenters. The average molecular weight is 524 g/mol. The van der Waals surface area contributed by atoms with E-state index in [0.717, 1.165) is 43.2 Å². The smallest absolute Gasteiger partial charge is 0.249 e. The molecule has 39 heavy (non-hydrogen) atoms. The van der Waals surface area contributed by atoms with Crippen molar-refractivity contribution in [2.45, 2.75) is 64.6 Å². The number of aryl methyl sites for hydroxylation is 1. The number of carbonyl (C=O) groups is 3. The maximum atomic E-state index is 14.2. The van der Waals surface area contributed by atoms with E-state index in [1.165, 1.54) is 11.8 Å². The van der Waals surface area contributed by atoms with Gasteiger partial charge in [0.25, 0.3) is 0 Å². The minimum atomic E-state index is -0.930. The monoisotopic (exact) mass is 523 g/mol. The molecule has 1 N–H and O–H groups in total. The Morgan fingerprint density at radius 3 is 2.46 bits per heavy atom. The minimum absolute atomic E-state index is 0.0784. The Kier molecular flexibility index (Phi) is 7.81. The van der Waals surface area contributed by atoms with Crippen LogP contribution in [0, 0.1) is 0 Å². The fraction of sp³-hybridized carbons (Fsp3) is 0.323. The fourth-order valence-electron chi connectivity index (χ4n) is 5.25. The summed E-state index contributed by atoms with van der Waals surface area (Å²) >= 11 is 0. The van der Waals surface area contributed by atoms with Gasteiger partial charge >= 0.3 is 0 Å². The Hall–Kier alpha value is -4.33. The van der Waals surface area contributed by atoms with E-state index in [1.807, 2.05) is 48.5 Å². The molecule has 0 radical (unpaired) electrons. The zero-order valence-corrected chi connectivity index (χ0v) is 22.3. The second kappa shape index (κ2) is 11.6. The van der Waals surface area contributed by atoms with Gasteiger partial charge in [0.05, 0.1) is 5.52 Å². The number of hydrogen-bond donors (Lipinski definition) is 1. The van der Waals surface area contributed by atoms with Crippen molar-refractivity contribution < 1.29 is 14.4 Å². The molecule has 2 amide bonds. The maximum Gasteiger partial charge on any atom is 0.249 e. The summed E-state index contributed by atoms with van der Waals surface area (Å²) in [5, 5.41) is 11.6. The molecule has 1 fully saturated rings. The van der Waals surface area contributed by atoms with Crippen LogP contribution in [0.1, 0.15) is 67.1 Å². The zero-order chi connectivity index (χ0) is 27.4. The van der Waals surface area contributed by atoms with E-state index in [1.54, 1.807) is 28.9 Å². The third-order valence-corrected chi connectivity index (χ3v) is 7.42. The van der Waals surface area contributed by atoms with E-state index >= 15 is 0 Å². The molecule has 1 aliphatic rings. The van der Waals surface area contributed by atoms with Crippen LogP contribution in [-0.4, -0.2) is 38.6 Å². The summed E-state index contributed by atoms with van der Waals surface area (Å²) in [6, 6.07) is 21.3. The number of para-hydroxylation sites is 1. The first kappa shape index (κ1) is 26.3. The second-order valence-electron chi connectivity index (χ2n) is 10.1. The van der Waals surface area contributed by atoms with Crippen LogP contribution in [0.4, 0.5) is 5.69 Å². The summed E-state index contributed by atoms with van der Waals surface area (Å²) in [5.41, 5.74) is 4.19. The van der Waals surface area contributed by atoms with Gasteiger partial charge in [-0.3, -0.25) is 19.3 Å². The predicted molar refractivity (Wildman–Crippen MR) is 150 cm³/mol. The predicted octanol–water partition coefficient (Wildman–Crippen LogP) is 5.03. The summed E-state index contributed by atoms with van der Waals surface area (Å²) < 4.78 is 1.55. The molecule has 4 aromatic rings. The Morgan fingerprint density at radius 1 is 1.00 bits per heavy atom. The fourth-order valence-corrected chi connectivity index (χ4v) is 5.25. The number of nitrogens with zero attached hydrogens (tertiary/aromatic N) is 4. The summed E-state index contributed by atoms with van der Waals surface area (Å²) in [7, 11) is 0. The van der Waals surface area contributed by atoms with Crippen molar-refractivity contribution in [3.8, 4) is 0 Å². The van der Waals surface area contributed by atoms with Crippen LogP contribution in [0.2, 0.25) is 0 Å². The normalized spacial score (nSPS) is 14.3. The number of carbonyl (C=O) groups excluding carboxylic acids is 3. The number of Topliss-reactive ketones (excluding diaryl/α,β-unsaturated/α-hetero) is 1. The zero-order valence-electron chi connectivity index (χ0n) is 22.3. The first-order chi connectivity index (χ1) is 18.9. The first-order valence-corrected chi connectivity index (χ1v) is 13.5. The third-order valence-electron chi connectivity index (χ3n) is 7.42. The molecular formula is C31H33N5O3. The van der Waals surface area contributed by atoms with E-state index in [0.29, 0.717) is 22.3 Å². The summed E-state index contributed by atoms with van der Waals surface area (Å²) in [5.74, 6) is -0.695. The van der Waals surface area contributed by atoms with Crippen molar-refractivity contribution in [1.82, 2.24) is 20.3 Å².